The molecule has 0 aliphatic heterocycles. The van der Waals surface area contributed by atoms with Crippen LogP contribution in [0, 0.1) is 0 Å². The predicted octanol–water partition coefficient (Wildman–Crippen LogP) is 3.86. The molecule has 0 spiro atoms. The Kier molecular flexibility index (Phi) is 5.20. The van der Waals surface area contributed by atoms with E-state index in [2.05, 4.69) is 10.1 Å². The van der Waals surface area contributed by atoms with E-state index in [-0.39, 0.29) is 16.7 Å². The molecule has 0 aliphatic carbocycles. The number of anilines is 1. The van der Waals surface area contributed by atoms with Crippen molar-refractivity contribution in [2.75, 3.05) is 11.6 Å². The third-order valence-corrected chi connectivity index (χ3v) is 4.42. The molecule has 0 radical (unpaired) electrons. The van der Waals surface area contributed by atoms with Gasteiger partial charge in [-0.15, -0.1) is 0 Å². The van der Waals surface area contributed by atoms with Crippen molar-refractivity contribution in [2.24, 2.45) is 0 Å². The fourth-order valence-electron chi connectivity index (χ4n) is 2.16. The topological polar surface area (TPSA) is 55.4 Å². The quantitative estimate of drug-likeness (QED) is 0.867. The number of hydrogen-bond donors (Lipinski definition) is 1. The highest BCUT2D eigenvalue weighted by Crippen LogP contribution is 2.26. The maximum absolute atomic E-state index is 12.1. The van der Waals surface area contributed by atoms with E-state index in [1.54, 1.807) is 30.3 Å². The molecule has 0 bridgehead atoms. The minimum atomic E-state index is -3.35. The van der Waals surface area contributed by atoms with Crippen molar-refractivity contribution in [1.82, 2.24) is 0 Å². The van der Waals surface area contributed by atoms with Crippen LogP contribution in [0.2, 0.25) is 0 Å². The van der Waals surface area contributed by atoms with Gasteiger partial charge in [0.25, 0.3) is 0 Å². The van der Waals surface area contributed by atoms with Crippen LogP contribution in [0.3, 0.4) is 0 Å². The van der Waals surface area contributed by atoms with Gasteiger partial charge in [-0.05, 0) is 36.8 Å². The summed E-state index contributed by atoms with van der Waals surface area (Å²) in [5, 5.41) is 3.13. The minimum absolute atomic E-state index is 0.0764. The maximum atomic E-state index is 12.1. The molecule has 0 amide bonds. The van der Waals surface area contributed by atoms with Crippen molar-refractivity contribution in [2.45, 2.75) is 24.5 Å². The summed E-state index contributed by atoms with van der Waals surface area (Å²) >= 11 is 0. The lowest BCUT2D eigenvalue weighted by molar-refractivity contribution is -0.0498. The van der Waals surface area contributed by atoms with Crippen molar-refractivity contribution in [3.8, 4) is 5.75 Å². The molecule has 0 aliphatic rings. The Hall–Kier alpha value is -2.15. The van der Waals surface area contributed by atoms with Gasteiger partial charge in [-0.1, -0.05) is 24.3 Å². The van der Waals surface area contributed by atoms with Crippen LogP contribution in [0.15, 0.2) is 53.4 Å². The van der Waals surface area contributed by atoms with Crippen molar-refractivity contribution < 1.29 is 21.9 Å². The molecule has 0 unspecified atom stereocenters. The average Bonchev–Trinajstić information content (AvgIpc) is 2.46. The van der Waals surface area contributed by atoms with Crippen LogP contribution in [0.1, 0.15) is 18.5 Å². The summed E-state index contributed by atoms with van der Waals surface area (Å²) in [6, 6.07) is 12.6. The second kappa shape index (κ2) is 6.95. The van der Waals surface area contributed by atoms with Crippen LogP contribution in [-0.2, 0) is 9.84 Å². The lowest BCUT2D eigenvalue weighted by atomic mass is 10.1. The number of nitrogens with one attached hydrogen (secondary N) is 1. The first kappa shape index (κ1) is 17.2. The molecule has 1 N–H and O–H groups in total. The number of alkyl halides is 2. The van der Waals surface area contributed by atoms with Gasteiger partial charge in [-0.25, -0.2) is 8.42 Å². The Morgan fingerprint density at radius 1 is 1.04 bits per heavy atom. The average molecular weight is 341 g/mol. The molecule has 2 aromatic carbocycles. The highest BCUT2D eigenvalue weighted by molar-refractivity contribution is 7.90. The van der Waals surface area contributed by atoms with E-state index in [4.69, 9.17) is 0 Å². The van der Waals surface area contributed by atoms with Crippen LogP contribution in [0.4, 0.5) is 14.5 Å². The van der Waals surface area contributed by atoms with Crippen LogP contribution in [0.5, 0.6) is 5.75 Å². The summed E-state index contributed by atoms with van der Waals surface area (Å²) in [4.78, 5) is 0.213. The molecule has 23 heavy (non-hydrogen) atoms. The van der Waals surface area contributed by atoms with E-state index in [1.807, 2.05) is 6.92 Å². The Labute approximate surface area is 134 Å². The normalized spacial score (nSPS) is 12.9. The third kappa shape index (κ3) is 4.66. The molecular weight excluding hydrogens is 324 g/mol. The molecule has 0 saturated carbocycles. The minimum Gasteiger partial charge on any atom is -0.435 e. The van der Waals surface area contributed by atoms with Gasteiger partial charge in [0.1, 0.15) is 5.75 Å². The first-order valence-corrected chi connectivity index (χ1v) is 8.77. The SMILES string of the molecule is C[C@@H](Nc1ccccc1S(C)(=O)=O)c1ccc(OC(F)F)cc1. The molecule has 0 aromatic heterocycles. The first-order valence-electron chi connectivity index (χ1n) is 6.88. The van der Waals surface area contributed by atoms with Crippen LogP contribution >= 0.6 is 0 Å². The standard InChI is InChI=1S/C16H17F2NO3S/c1-11(12-7-9-13(10-8-12)22-16(17)18)19-14-5-3-4-6-15(14)23(2,20)21/h3-11,16,19H,1-2H3/t11-/m1/s1. The van der Waals surface area contributed by atoms with Gasteiger partial charge < -0.3 is 10.1 Å². The van der Waals surface area contributed by atoms with Crippen molar-refractivity contribution in [1.29, 1.82) is 0 Å². The van der Waals surface area contributed by atoms with Gasteiger partial charge in [-0.2, -0.15) is 8.78 Å². The molecular formula is C16H17F2NO3S. The Morgan fingerprint density at radius 3 is 2.22 bits per heavy atom. The van der Waals surface area contributed by atoms with E-state index < -0.39 is 16.4 Å². The summed E-state index contributed by atoms with van der Waals surface area (Å²) < 4.78 is 52.1. The van der Waals surface area contributed by atoms with Crippen LogP contribution < -0.4 is 10.1 Å². The molecule has 0 heterocycles. The van der Waals surface area contributed by atoms with Crippen molar-refractivity contribution >= 4 is 15.5 Å². The number of rotatable bonds is 6. The van der Waals surface area contributed by atoms with E-state index in [0.717, 1.165) is 11.8 Å². The van der Waals surface area contributed by atoms with E-state index in [9.17, 15) is 17.2 Å². The number of halogens is 2. The van der Waals surface area contributed by atoms with E-state index >= 15 is 0 Å². The second-order valence-corrected chi connectivity index (χ2v) is 7.07. The van der Waals surface area contributed by atoms with Crippen molar-refractivity contribution in [3.63, 3.8) is 0 Å². The highest BCUT2D eigenvalue weighted by Gasteiger charge is 2.15. The number of hydrogen-bond acceptors (Lipinski definition) is 4. The lowest BCUT2D eigenvalue weighted by Crippen LogP contribution is -2.10. The third-order valence-electron chi connectivity index (χ3n) is 3.26. The predicted molar refractivity (Wildman–Crippen MR) is 84.7 cm³/mol. The second-order valence-electron chi connectivity index (χ2n) is 5.08. The molecule has 0 saturated heterocycles. The van der Waals surface area contributed by atoms with Gasteiger partial charge in [0.2, 0.25) is 0 Å². The molecule has 124 valence electrons. The van der Waals surface area contributed by atoms with Gasteiger partial charge in [0, 0.05) is 12.3 Å². The Balaban J connectivity index is 2.18. The summed E-state index contributed by atoms with van der Waals surface area (Å²) in [7, 11) is -3.35. The van der Waals surface area contributed by atoms with Gasteiger partial charge in [0.05, 0.1) is 10.6 Å². The molecule has 4 nitrogen and oxygen atoms in total. The zero-order chi connectivity index (χ0) is 17.0. The molecule has 2 rings (SSSR count). The largest absolute Gasteiger partial charge is 0.435 e. The van der Waals surface area contributed by atoms with Gasteiger partial charge in [0.15, 0.2) is 9.84 Å². The number of para-hydroxylation sites is 1. The summed E-state index contributed by atoms with van der Waals surface area (Å²) in [5.74, 6) is 0.0764. The van der Waals surface area contributed by atoms with Gasteiger partial charge in [-0.3, -0.25) is 0 Å². The first-order chi connectivity index (χ1) is 10.8. The monoisotopic (exact) mass is 341 g/mol. The molecule has 1 atom stereocenters. The summed E-state index contributed by atoms with van der Waals surface area (Å²) in [6.45, 7) is -1.01. The maximum Gasteiger partial charge on any atom is 0.387 e. The fourth-order valence-corrected chi connectivity index (χ4v) is 3.02. The number of ether oxygens (including phenoxy) is 1. The smallest absolute Gasteiger partial charge is 0.387 e. The van der Waals surface area contributed by atoms with Crippen LogP contribution in [0.25, 0.3) is 0 Å². The number of sulfone groups is 1. The zero-order valence-electron chi connectivity index (χ0n) is 12.7. The van der Waals surface area contributed by atoms with Crippen LogP contribution in [-0.4, -0.2) is 21.3 Å². The molecule has 7 heteroatoms. The fraction of sp³-hybridized carbons (Fsp3) is 0.250. The van der Waals surface area contributed by atoms with E-state index in [1.165, 1.54) is 18.2 Å². The molecule has 0 fully saturated rings. The highest BCUT2D eigenvalue weighted by atomic mass is 32.2. The Morgan fingerprint density at radius 2 is 1.65 bits per heavy atom. The van der Waals surface area contributed by atoms with Crippen molar-refractivity contribution in [3.05, 3.63) is 54.1 Å². The van der Waals surface area contributed by atoms with E-state index in [0.29, 0.717) is 5.69 Å². The Bertz CT molecular complexity index is 761. The zero-order valence-corrected chi connectivity index (χ0v) is 13.5. The lowest BCUT2D eigenvalue weighted by Gasteiger charge is -2.18. The number of benzene rings is 2. The summed E-state index contributed by atoms with van der Waals surface area (Å²) in [5.41, 5.74) is 1.31. The molecule has 2 aromatic rings. The van der Waals surface area contributed by atoms with Gasteiger partial charge >= 0.3 is 6.61 Å². The summed E-state index contributed by atoms with van der Waals surface area (Å²) in [6.07, 6.45) is 1.15.